The molecule has 0 aromatic heterocycles. The first-order valence-electron chi connectivity index (χ1n) is 9.89. The Morgan fingerprint density at radius 1 is 1.04 bits per heavy atom. The van der Waals surface area contributed by atoms with Gasteiger partial charge in [-0.15, -0.1) is 12.4 Å². The topological polar surface area (TPSA) is 72.7 Å². The third-order valence-corrected chi connectivity index (χ3v) is 3.16. The van der Waals surface area contributed by atoms with E-state index in [0.29, 0.717) is 11.1 Å². The molecule has 23 heavy (non-hydrogen) atoms. The summed E-state index contributed by atoms with van der Waals surface area (Å²) in [6, 6.07) is 7.28. The SMILES string of the molecule is Cl.[2H]C([2H])([2H])C([2H])(NCCc1ccc(O)c(O)c1)C([2H])([2H])Cc1ccc(O)cc1. The summed E-state index contributed by atoms with van der Waals surface area (Å²) in [6.07, 6.45) is -2.56. The molecule has 2 rings (SSSR count). The minimum Gasteiger partial charge on any atom is -0.508 e. The number of nitrogens with one attached hydrogen (secondary N) is 1. The summed E-state index contributed by atoms with van der Waals surface area (Å²) in [4.78, 5) is 0. The molecule has 0 amide bonds. The van der Waals surface area contributed by atoms with Gasteiger partial charge in [-0.3, -0.25) is 0 Å². The molecule has 0 saturated heterocycles. The van der Waals surface area contributed by atoms with E-state index in [9.17, 15) is 15.3 Å². The van der Waals surface area contributed by atoms with Gasteiger partial charge in [0.2, 0.25) is 0 Å². The van der Waals surface area contributed by atoms with Crippen molar-refractivity contribution < 1.29 is 23.5 Å². The molecular formula is C18H24ClNO3. The number of hydrogen-bond acceptors (Lipinski definition) is 4. The molecule has 0 aliphatic carbocycles. The van der Waals surface area contributed by atoms with Gasteiger partial charge < -0.3 is 20.6 Å². The number of aryl methyl sites for hydroxylation is 1. The highest BCUT2D eigenvalue weighted by Crippen LogP contribution is 2.24. The second-order valence-electron chi connectivity index (χ2n) is 4.89. The van der Waals surface area contributed by atoms with E-state index < -0.39 is 19.2 Å². The van der Waals surface area contributed by atoms with E-state index in [1.165, 1.54) is 36.4 Å². The molecule has 126 valence electrons. The number of phenolic OH excluding ortho intramolecular Hbond substituents is 3. The Morgan fingerprint density at radius 3 is 2.39 bits per heavy atom. The van der Waals surface area contributed by atoms with Gasteiger partial charge in [0, 0.05) is 14.2 Å². The molecule has 0 saturated carbocycles. The first-order chi connectivity index (χ1) is 12.9. The molecule has 4 nitrogen and oxygen atoms in total. The Bertz CT molecular complexity index is 816. The van der Waals surface area contributed by atoms with Crippen LogP contribution in [0.3, 0.4) is 0 Å². The van der Waals surface area contributed by atoms with Crippen LogP contribution in [0.4, 0.5) is 0 Å². The van der Waals surface area contributed by atoms with E-state index >= 15 is 0 Å². The smallest absolute Gasteiger partial charge is 0.157 e. The molecule has 2 aromatic rings. The van der Waals surface area contributed by atoms with Gasteiger partial charge in [-0.05, 0) is 68.0 Å². The largest absolute Gasteiger partial charge is 0.508 e. The van der Waals surface area contributed by atoms with Crippen LogP contribution in [0.5, 0.6) is 17.2 Å². The highest BCUT2D eigenvalue weighted by atomic mass is 35.5. The third kappa shape index (κ3) is 6.38. The zero-order valence-electron chi connectivity index (χ0n) is 18.4. The fourth-order valence-corrected chi connectivity index (χ4v) is 1.92. The lowest BCUT2D eigenvalue weighted by molar-refractivity contribution is 0.403. The van der Waals surface area contributed by atoms with Crippen LogP contribution in [0, 0.1) is 0 Å². The molecular weight excluding hydrogens is 314 g/mol. The van der Waals surface area contributed by atoms with Crippen LogP contribution >= 0.6 is 12.4 Å². The monoisotopic (exact) mass is 343 g/mol. The van der Waals surface area contributed by atoms with Crippen LogP contribution in [-0.4, -0.2) is 27.9 Å². The molecule has 2 aromatic carbocycles. The first-order valence-corrected chi connectivity index (χ1v) is 6.89. The maximum absolute atomic E-state index is 9.53. The van der Waals surface area contributed by atoms with Crippen LogP contribution in [0.25, 0.3) is 0 Å². The summed E-state index contributed by atoms with van der Waals surface area (Å²) in [5.41, 5.74) is 1.05. The fraction of sp³-hybridized carbons (Fsp3) is 0.333. The van der Waals surface area contributed by atoms with Gasteiger partial charge in [-0.25, -0.2) is 0 Å². The molecule has 4 N–H and O–H groups in total. The van der Waals surface area contributed by atoms with Gasteiger partial charge in [0.1, 0.15) is 5.75 Å². The Morgan fingerprint density at radius 2 is 1.74 bits per heavy atom. The molecule has 0 heterocycles. The molecule has 5 heteroatoms. The molecule has 1 unspecified atom stereocenters. The van der Waals surface area contributed by atoms with Crippen molar-refractivity contribution in [2.45, 2.75) is 32.1 Å². The van der Waals surface area contributed by atoms with Crippen molar-refractivity contribution in [2.75, 3.05) is 6.54 Å². The standard InChI is InChI=1S/C18H23NO3.ClH/c1-13(2-3-14-4-7-16(20)8-5-14)19-11-10-15-6-9-17(21)18(22)12-15;/h4-9,12-13,19-22H,2-3,10-11H2,1H3;1H/i1D3,2D2,13D;. The number of aromatic hydroxyl groups is 3. The zero-order chi connectivity index (χ0) is 21.2. The molecule has 0 radical (unpaired) electrons. The van der Waals surface area contributed by atoms with E-state index in [1.807, 2.05) is 0 Å². The summed E-state index contributed by atoms with van der Waals surface area (Å²) >= 11 is 0. The van der Waals surface area contributed by atoms with Crippen LogP contribution < -0.4 is 5.32 Å². The highest BCUT2D eigenvalue weighted by Gasteiger charge is 2.04. The van der Waals surface area contributed by atoms with Gasteiger partial charge in [0.05, 0.1) is 0 Å². The van der Waals surface area contributed by atoms with Crippen molar-refractivity contribution >= 4 is 12.4 Å². The Hall–Kier alpha value is -1.91. The van der Waals surface area contributed by atoms with E-state index in [0.717, 1.165) is 0 Å². The molecule has 0 spiro atoms. The maximum Gasteiger partial charge on any atom is 0.157 e. The highest BCUT2D eigenvalue weighted by molar-refractivity contribution is 5.85. The second-order valence-corrected chi connectivity index (χ2v) is 4.89. The fourth-order valence-electron chi connectivity index (χ4n) is 1.92. The average molecular weight is 344 g/mol. The van der Waals surface area contributed by atoms with Gasteiger partial charge in [-0.2, -0.15) is 0 Å². The molecule has 0 aliphatic heterocycles. The van der Waals surface area contributed by atoms with E-state index in [2.05, 4.69) is 5.32 Å². The molecule has 1 atom stereocenters. The first kappa shape index (κ1) is 11.6. The van der Waals surface area contributed by atoms with Crippen molar-refractivity contribution in [3.8, 4) is 17.2 Å². The van der Waals surface area contributed by atoms with Crippen molar-refractivity contribution in [1.29, 1.82) is 0 Å². The lowest BCUT2D eigenvalue weighted by atomic mass is 10.1. The third-order valence-electron chi connectivity index (χ3n) is 3.16. The Labute approximate surface area is 151 Å². The van der Waals surface area contributed by atoms with Gasteiger partial charge in [-0.1, -0.05) is 18.2 Å². The Balaban J connectivity index is 0.00000420. The minimum atomic E-state index is -2.95. The summed E-state index contributed by atoms with van der Waals surface area (Å²) in [5, 5.41) is 30.7. The lowest BCUT2D eigenvalue weighted by Crippen LogP contribution is -2.28. The predicted molar refractivity (Wildman–Crippen MR) is 94.6 cm³/mol. The van der Waals surface area contributed by atoms with Crippen LogP contribution in [-0.2, 0) is 12.8 Å². The van der Waals surface area contributed by atoms with Gasteiger partial charge >= 0.3 is 0 Å². The van der Waals surface area contributed by atoms with E-state index in [-0.39, 0.29) is 49.0 Å². The lowest BCUT2D eigenvalue weighted by Gasteiger charge is -2.14. The normalized spacial score (nSPS) is 18.1. The van der Waals surface area contributed by atoms with E-state index in [1.54, 1.807) is 6.07 Å². The summed E-state index contributed by atoms with van der Waals surface area (Å²) in [7, 11) is 0. The molecule has 0 aliphatic rings. The second kappa shape index (κ2) is 9.28. The van der Waals surface area contributed by atoms with Crippen LogP contribution in [0.1, 0.15) is 32.6 Å². The maximum atomic E-state index is 9.53. The Kier molecular flexibility index (Phi) is 4.68. The number of halogens is 1. The number of phenols is 3. The summed E-state index contributed by atoms with van der Waals surface area (Å²) in [6.45, 7) is -2.98. The van der Waals surface area contributed by atoms with Gasteiger partial charge in [0.15, 0.2) is 11.5 Å². The zero-order valence-corrected chi connectivity index (χ0v) is 13.2. The number of benzene rings is 2. The van der Waals surface area contributed by atoms with Crippen LogP contribution in [0.15, 0.2) is 42.5 Å². The minimum absolute atomic E-state index is 0. The summed E-state index contributed by atoms with van der Waals surface area (Å²) in [5.74, 6) is -0.583. The van der Waals surface area contributed by atoms with Crippen molar-refractivity contribution in [3.63, 3.8) is 0 Å². The van der Waals surface area contributed by atoms with Crippen molar-refractivity contribution in [2.24, 2.45) is 0 Å². The quantitative estimate of drug-likeness (QED) is 0.581. The van der Waals surface area contributed by atoms with Gasteiger partial charge in [0.25, 0.3) is 0 Å². The average Bonchev–Trinajstić information content (AvgIpc) is 2.58. The van der Waals surface area contributed by atoms with Crippen LogP contribution in [0.2, 0.25) is 0 Å². The molecule has 0 bridgehead atoms. The van der Waals surface area contributed by atoms with Crippen molar-refractivity contribution in [1.82, 2.24) is 5.32 Å². The number of hydrogen-bond donors (Lipinski definition) is 4. The van der Waals surface area contributed by atoms with Crippen molar-refractivity contribution in [3.05, 3.63) is 53.6 Å². The van der Waals surface area contributed by atoms with E-state index in [4.69, 9.17) is 8.22 Å². The summed E-state index contributed by atoms with van der Waals surface area (Å²) < 4.78 is 48.2. The predicted octanol–water partition coefficient (Wildman–Crippen LogP) is 3.38. The molecule has 0 fully saturated rings. The number of rotatable bonds is 7.